The molecule has 6 heteroatoms. The molecule has 3 rings (SSSR count). The monoisotopic (exact) mass is 466 g/mol. The Kier molecular flexibility index (Phi) is 12.1. The number of carboxylic acid groups (broad SMARTS) is 1. The van der Waals surface area contributed by atoms with Crippen LogP contribution in [-0.2, 0) is 16.0 Å². The molecule has 3 aromatic carbocycles. The molecular weight excluding hydrogens is 432 g/mol. The summed E-state index contributed by atoms with van der Waals surface area (Å²) in [6.45, 7) is 5.19. The first-order chi connectivity index (χ1) is 16.6. The Morgan fingerprint density at radius 1 is 0.735 bits per heavy atom. The van der Waals surface area contributed by atoms with E-state index in [1.54, 1.807) is 0 Å². The molecule has 0 saturated heterocycles. The van der Waals surface area contributed by atoms with Gasteiger partial charge >= 0.3 is 5.97 Å². The maximum Gasteiger partial charge on any atom is 0.333 e. The molecule has 0 aromatic heterocycles. The summed E-state index contributed by atoms with van der Waals surface area (Å²) < 4.78 is 22.3. The van der Waals surface area contributed by atoms with E-state index in [1.807, 2.05) is 92.7 Å². The third-order valence-electron chi connectivity index (χ3n) is 4.78. The summed E-state index contributed by atoms with van der Waals surface area (Å²) >= 11 is 0. The number of benzene rings is 3. The molecule has 0 spiro atoms. The SMILES string of the molecule is CC.COC(Cc1ccc(OCCCCOc2ccc(Oc3ccccc3)cc2)cc1)C(=O)O. The van der Waals surface area contributed by atoms with Gasteiger partial charge in [0.05, 0.1) is 13.2 Å². The normalized spacial score (nSPS) is 11.0. The molecule has 1 unspecified atom stereocenters. The van der Waals surface area contributed by atoms with Crippen molar-refractivity contribution in [3.05, 3.63) is 84.4 Å². The summed E-state index contributed by atoms with van der Waals surface area (Å²) in [6, 6.07) is 24.6. The quantitative estimate of drug-likeness (QED) is 0.294. The third kappa shape index (κ3) is 9.55. The first-order valence-corrected chi connectivity index (χ1v) is 11.6. The maximum atomic E-state index is 11.0. The van der Waals surface area contributed by atoms with Gasteiger partial charge in [0.15, 0.2) is 6.10 Å². The van der Waals surface area contributed by atoms with E-state index < -0.39 is 12.1 Å². The van der Waals surface area contributed by atoms with Crippen molar-refractivity contribution < 1.29 is 28.8 Å². The van der Waals surface area contributed by atoms with E-state index in [4.69, 9.17) is 24.1 Å². The van der Waals surface area contributed by atoms with Crippen molar-refractivity contribution in [3.63, 3.8) is 0 Å². The van der Waals surface area contributed by atoms with Crippen LogP contribution in [-0.4, -0.2) is 37.5 Å². The van der Waals surface area contributed by atoms with Crippen LogP contribution >= 0.6 is 0 Å². The number of ether oxygens (including phenoxy) is 4. The molecular formula is C28H34O6. The van der Waals surface area contributed by atoms with Crippen molar-refractivity contribution in [3.8, 4) is 23.0 Å². The highest BCUT2D eigenvalue weighted by atomic mass is 16.5. The molecule has 0 bridgehead atoms. The van der Waals surface area contributed by atoms with E-state index in [2.05, 4.69) is 0 Å². The van der Waals surface area contributed by atoms with Crippen LogP contribution in [0.2, 0.25) is 0 Å². The van der Waals surface area contributed by atoms with Gasteiger partial charge in [-0.05, 0) is 66.9 Å². The standard InChI is InChI=1S/C26H28O6.C2H6/c1-29-25(26(27)28)19-20-9-11-21(12-10-20)30-17-5-6-18-31-22-13-15-24(16-14-22)32-23-7-3-2-4-8-23;1-2/h2-4,7-16,25H,5-6,17-19H2,1H3,(H,27,28);1-2H3. The van der Waals surface area contributed by atoms with Crippen LogP contribution in [0.1, 0.15) is 32.3 Å². The molecule has 0 aliphatic rings. The molecule has 0 aliphatic heterocycles. The van der Waals surface area contributed by atoms with Gasteiger partial charge in [-0.3, -0.25) is 0 Å². The zero-order valence-electron chi connectivity index (χ0n) is 20.1. The largest absolute Gasteiger partial charge is 0.494 e. The van der Waals surface area contributed by atoms with Gasteiger partial charge in [0.25, 0.3) is 0 Å². The van der Waals surface area contributed by atoms with Gasteiger partial charge in [0, 0.05) is 13.5 Å². The van der Waals surface area contributed by atoms with Gasteiger partial charge in [-0.1, -0.05) is 44.2 Å². The summed E-state index contributed by atoms with van der Waals surface area (Å²) in [7, 11) is 1.40. The molecule has 3 aromatic rings. The first-order valence-electron chi connectivity index (χ1n) is 11.6. The van der Waals surface area contributed by atoms with Gasteiger partial charge in [0.2, 0.25) is 0 Å². The smallest absolute Gasteiger partial charge is 0.333 e. The molecule has 0 aliphatic carbocycles. The lowest BCUT2D eigenvalue weighted by Gasteiger charge is -2.11. The number of hydrogen-bond acceptors (Lipinski definition) is 5. The second kappa shape index (κ2) is 15.3. The van der Waals surface area contributed by atoms with Gasteiger partial charge in [-0.2, -0.15) is 0 Å². The summed E-state index contributed by atoms with van der Waals surface area (Å²) in [6.07, 6.45) is 1.22. The average molecular weight is 467 g/mol. The fourth-order valence-electron chi connectivity index (χ4n) is 3.02. The summed E-state index contributed by atoms with van der Waals surface area (Å²) in [5.41, 5.74) is 0.889. The lowest BCUT2D eigenvalue weighted by atomic mass is 10.1. The van der Waals surface area contributed by atoms with Crippen molar-refractivity contribution in [2.24, 2.45) is 0 Å². The molecule has 6 nitrogen and oxygen atoms in total. The second-order valence-corrected chi connectivity index (χ2v) is 7.20. The summed E-state index contributed by atoms with van der Waals surface area (Å²) in [4.78, 5) is 11.0. The molecule has 0 fully saturated rings. The van der Waals surface area contributed by atoms with Crippen LogP contribution in [0, 0.1) is 0 Å². The fraction of sp³-hybridized carbons (Fsp3) is 0.321. The van der Waals surface area contributed by atoms with Crippen LogP contribution in [0.5, 0.6) is 23.0 Å². The minimum Gasteiger partial charge on any atom is -0.494 e. The topological polar surface area (TPSA) is 74.2 Å². The number of hydrogen-bond donors (Lipinski definition) is 1. The first kappa shape index (κ1) is 26.7. The minimum atomic E-state index is -0.966. The Hall–Kier alpha value is -3.51. The van der Waals surface area contributed by atoms with Gasteiger partial charge in [0.1, 0.15) is 23.0 Å². The number of carboxylic acids is 1. The van der Waals surface area contributed by atoms with E-state index in [1.165, 1.54) is 7.11 Å². The number of rotatable bonds is 13. The molecule has 34 heavy (non-hydrogen) atoms. The van der Waals surface area contributed by atoms with Crippen molar-refractivity contribution in [1.82, 2.24) is 0 Å². The van der Waals surface area contributed by atoms with Gasteiger partial charge in [-0.15, -0.1) is 0 Å². The molecule has 0 saturated carbocycles. The van der Waals surface area contributed by atoms with E-state index >= 15 is 0 Å². The highest BCUT2D eigenvalue weighted by molar-refractivity contribution is 5.72. The Balaban J connectivity index is 0.00000199. The predicted molar refractivity (Wildman–Crippen MR) is 133 cm³/mol. The van der Waals surface area contributed by atoms with Gasteiger partial charge < -0.3 is 24.1 Å². The zero-order chi connectivity index (χ0) is 24.6. The van der Waals surface area contributed by atoms with Crippen LogP contribution in [0.25, 0.3) is 0 Å². The van der Waals surface area contributed by atoms with Crippen molar-refractivity contribution in [2.45, 2.75) is 39.2 Å². The molecule has 0 heterocycles. The second-order valence-electron chi connectivity index (χ2n) is 7.20. The van der Waals surface area contributed by atoms with E-state index in [9.17, 15) is 4.79 Å². The highest BCUT2D eigenvalue weighted by Gasteiger charge is 2.16. The predicted octanol–water partition coefficient (Wildman–Crippen LogP) is 6.39. The minimum absolute atomic E-state index is 0.322. The van der Waals surface area contributed by atoms with Crippen LogP contribution in [0.3, 0.4) is 0 Å². The summed E-state index contributed by atoms with van der Waals surface area (Å²) in [5.74, 6) is 2.16. The lowest BCUT2D eigenvalue weighted by molar-refractivity contribution is -0.148. The average Bonchev–Trinajstić information content (AvgIpc) is 2.88. The van der Waals surface area contributed by atoms with E-state index in [0.29, 0.717) is 19.6 Å². The molecule has 1 atom stereocenters. The molecule has 182 valence electrons. The zero-order valence-corrected chi connectivity index (χ0v) is 20.1. The van der Waals surface area contributed by atoms with Crippen molar-refractivity contribution in [1.29, 1.82) is 0 Å². The Bertz CT molecular complexity index is 939. The molecule has 0 radical (unpaired) electrons. The number of unbranched alkanes of at least 4 members (excludes halogenated alkanes) is 1. The van der Waals surface area contributed by atoms with E-state index in [0.717, 1.165) is 41.4 Å². The Morgan fingerprint density at radius 3 is 1.71 bits per heavy atom. The van der Waals surface area contributed by atoms with Gasteiger partial charge in [-0.25, -0.2) is 4.79 Å². The van der Waals surface area contributed by atoms with Crippen molar-refractivity contribution >= 4 is 5.97 Å². The summed E-state index contributed by atoms with van der Waals surface area (Å²) in [5, 5.41) is 9.05. The Labute approximate surface area is 202 Å². The number of methoxy groups -OCH3 is 1. The fourth-order valence-corrected chi connectivity index (χ4v) is 3.02. The Morgan fingerprint density at radius 2 is 1.21 bits per heavy atom. The molecule has 0 amide bonds. The highest BCUT2D eigenvalue weighted by Crippen LogP contribution is 2.23. The molecule has 1 N–H and O–H groups in total. The number of aliphatic carboxylic acids is 1. The third-order valence-corrected chi connectivity index (χ3v) is 4.78. The van der Waals surface area contributed by atoms with Crippen molar-refractivity contribution in [2.75, 3.05) is 20.3 Å². The van der Waals surface area contributed by atoms with Crippen LogP contribution < -0.4 is 14.2 Å². The number of para-hydroxylation sites is 1. The van der Waals surface area contributed by atoms with Crippen LogP contribution in [0.4, 0.5) is 0 Å². The maximum absolute atomic E-state index is 11.0. The van der Waals surface area contributed by atoms with E-state index in [-0.39, 0.29) is 0 Å². The lowest BCUT2D eigenvalue weighted by Crippen LogP contribution is -2.24. The number of carbonyl (C=O) groups is 1. The van der Waals surface area contributed by atoms with Crippen LogP contribution in [0.15, 0.2) is 78.9 Å².